The second-order valence-corrected chi connectivity index (χ2v) is 5.31. The summed E-state index contributed by atoms with van der Waals surface area (Å²) in [7, 11) is 0. The van der Waals surface area contributed by atoms with E-state index in [-0.39, 0.29) is 12.8 Å². The minimum atomic E-state index is -4.51. The van der Waals surface area contributed by atoms with E-state index in [1.807, 2.05) is 0 Å². The summed E-state index contributed by atoms with van der Waals surface area (Å²) in [6, 6.07) is -0.571. The van der Waals surface area contributed by atoms with Gasteiger partial charge in [-0.05, 0) is 19.8 Å². The Kier molecular flexibility index (Phi) is 4.06. The van der Waals surface area contributed by atoms with Crippen molar-refractivity contribution in [1.29, 1.82) is 0 Å². The summed E-state index contributed by atoms with van der Waals surface area (Å²) in [4.78, 5) is 18.9. The van der Waals surface area contributed by atoms with E-state index in [0.29, 0.717) is 18.7 Å². The third kappa shape index (κ3) is 2.66. The fourth-order valence-corrected chi connectivity index (χ4v) is 2.71. The molecule has 0 aliphatic heterocycles. The smallest absolute Gasteiger partial charge is 0.347 e. The second-order valence-electron chi connectivity index (χ2n) is 5.31. The highest BCUT2D eigenvalue weighted by Gasteiger charge is 2.60. The number of alkyl halides is 3. The normalized spacial score (nSPS) is 20.4. The van der Waals surface area contributed by atoms with Gasteiger partial charge in [-0.1, -0.05) is 19.3 Å². The number of aromatic amines is 1. The van der Waals surface area contributed by atoms with E-state index in [2.05, 4.69) is 15.3 Å². The molecule has 4 nitrogen and oxygen atoms in total. The van der Waals surface area contributed by atoms with Crippen LogP contribution in [-0.4, -0.2) is 22.1 Å². The van der Waals surface area contributed by atoms with Crippen LogP contribution in [-0.2, 0) is 4.79 Å². The lowest BCUT2D eigenvalue weighted by atomic mass is 9.72. The Bertz CT molecular complexity index is 450. The van der Waals surface area contributed by atoms with Crippen LogP contribution in [0.25, 0.3) is 0 Å². The Morgan fingerprint density at radius 3 is 2.55 bits per heavy atom. The third-order valence-corrected chi connectivity index (χ3v) is 3.96. The molecule has 1 aromatic heterocycles. The summed E-state index contributed by atoms with van der Waals surface area (Å²) in [5.41, 5.74) is -2.24. The molecular weight excluding hydrogens is 271 g/mol. The van der Waals surface area contributed by atoms with Gasteiger partial charge in [0.2, 0.25) is 5.91 Å². The summed E-state index contributed by atoms with van der Waals surface area (Å²) in [6.07, 6.45) is -0.0972. The minimum Gasteiger partial charge on any atom is -0.347 e. The molecule has 112 valence electrons. The summed E-state index contributed by atoms with van der Waals surface area (Å²) >= 11 is 0. The molecule has 0 aromatic carbocycles. The van der Waals surface area contributed by atoms with Crippen molar-refractivity contribution in [1.82, 2.24) is 15.3 Å². The summed E-state index contributed by atoms with van der Waals surface area (Å²) in [5.74, 6) is -0.486. The van der Waals surface area contributed by atoms with E-state index >= 15 is 0 Å². The monoisotopic (exact) mass is 289 g/mol. The fourth-order valence-electron chi connectivity index (χ4n) is 2.71. The van der Waals surface area contributed by atoms with E-state index < -0.39 is 23.5 Å². The predicted octanol–water partition coefficient (Wildman–Crippen LogP) is 3.10. The molecule has 0 saturated heterocycles. The van der Waals surface area contributed by atoms with Gasteiger partial charge in [0.25, 0.3) is 0 Å². The molecular formula is C13H18F3N3O. The highest BCUT2D eigenvalue weighted by atomic mass is 19.4. The van der Waals surface area contributed by atoms with Crippen molar-refractivity contribution in [2.45, 2.75) is 51.2 Å². The maximum atomic E-state index is 13.4. The molecule has 1 aliphatic rings. The lowest BCUT2D eigenvalue weighted by Crippen LogP contribution is -2.52. The second kappa shape index (κ2) is 5.46. The zero-order chi connectivity index (χ0) is 14.8. The molecule has 1 saturated carbocycles. The number of hydrogen-bond donors (Lipinski definition) is 2. The number of carbonyl (C=O) groups is 1. The molecule has 1 amide bonds. The number of rotatable bonds is 3. The van der Waals surface area contributed by atoms with Gasteiger partial charge in [0.1, 0.15) is 11.2 Å². The zero-order valence-corrected chi connectivity index (χ0v) is 11.3. The van der Waals surface area contributed by atoms with Crippen molar-refractivity contribution < 1.29 is 18.0 Å². The maximum absolute atomic E-state index is 13.4. The molecule has 0 radical (unpaired) electrons. The fraction of sp³-hybridized carbons (Fsp3) is 0.692. The number of nitrogens with zero attached hydrogens (tertiary/aromatic N) is 1. The van der Waals surface area contributed by atoms with Gasteiger partial charge in [0, 0.05) is 12.4 Å². The Labute approximate surface area is 115 Å². The van der Waals surface area contributed by atoms with E-state index in [4.69, 9.17) is 0 Å². The number of carbonyl (C=O) groups excluding carboxylic acids is 1. The average molecular weight is 289 g/mol. The number of amides is 1. The van der Waals surface area contributed by atoms with Gasteiger partial charge in [-0.25, -0.2) is 4.98 Å². The Hall–Kier alpha value is -1.53. The zero-order valence-electron chi connectivity index (χ0n) is 11.3. The molecule has 7 heteroatoms. The largest absolute Gasteiger partial charge is 0.403 e. The molecule has 2 rings (SSSR count). The lowest BCUT2D eigenvalue weighted by Gasteiger charge is -2.37. The first kappa shape index (κ1) is 14.9. The van der Waals surface area contributed by atoms with Gasteiger partial charge in [-0.2, -0.15) is 13.2 Å². The lowest BCUT2D eigenvalue weighted by molar-refractivity contribution is -0.230. The molecule has 1 aliphatic carbocycles. The molecule has 1 aromatic rings. The van der Waals surface area contributed by atoms with Crippen LogP contribution in [0.2, 0.25) is 0 Å². The van der Waals surface area contributed by atoms with Crippen LogP contribution < -0.4 is 5.32 Å². The summed E-state index contributed by atoms with van der Waals surface area (Å²) in [6.45, 7) is 1.61. The first-order valence-electron chi connectivity index (χ1n) is 6.74. The minimum absolute atomic E-state index is 0.132. The Morgan fingerprint density at radius 1 is 1.40 bits per heavy atom. The van der Waals surface area contributed by atoms with Gasteiger partial charge in [-0.15, -0.1) is 0 Å². The van der Waals surface area contributed by atoms with Crippen molar-refractivity contribution in [3.63, 3.8) is 0 Å². The van der Waals surface area contributed by atoms with Gasteiger partial charge < -0.3 is 10.3 Å². The van der Waals surface area contributed by atoms with Gasteiger partial charge in [0.15, 0.2) is 0 Å². The summed E-state index contributed by atoms with van der Waals surface area (Å²) in [5, 5.41) is 2.45. The van der Waals surface area contributed by atoms with Crippen LogP contribution in [0.1, 0.15) is 50.9 Å². The SMILES string of the molecule is C[C@@H](NC(=O)C1(C(F)(F)F)CCCCC1)c1ncc[nH]1. The number of hydrogen-bond acceptors (Lipinski definition) is 2. The topological polar surface area (TPSA) is 57.8 Å². The number of H-pyrrole nitrogens is 1. The Morgan fingerprint density at radius 2 is 2.05 bits per heavy atom. The van der Waals surface area contributed by atoms with E-state index in [9.17, 15) is 18.0 Å². The third-order valence-electron chi connectivity index (χ3n) is 3.96. The van der Waals surface area contributed by atoms with Crippen molar-refractivity contribution in [3.8, 4) is 0 Å². The molecule has 0 spiro atoms. The number of imidazole rings is 1. The first-order chi connectivity index (χ1) is 9.37. The van der Waals surface area contributed by atoms with Gasteiger partial charge in [-0.3, -0.25) is 4.79 Å². The van der Waals surface area contributed by atoms with Crippen molar-refractivity contribution in [2.75, 3.05) is 0 Å². The molecule has 1 heterocycles. The number of aromatic nitrogens is 2. The van der Waals surface area contributed by atoms with Crippen molar-refractivity contribution in [2.24, 2.45) is 5.41 Å². The molecule has 1 atom stereocenters. The molecule has 0 bridgehead atoms. The van der Waals surface area contributed by atoms with Crippen molar-refractivity contribution >= 4 is 5.91 Å². The van der Waals surface area contributed by atoms with Crippen molar-refractivity contribution in [3.05, 3.63) is 18.2 Å². The quantitative estimate of drug-likeness (QED) is 0.898. The Balaban J connectivity index is 2.15. The predicted molar refractivity (Wildman–Crippen MR) is 66.7 cm³/mol. The van der Waals surface area contributed by atoms with Crippen LogP contribution in [0.4, 0.5) is 13.2 Å². The van der Waals surface area contributed by atoms with E-state index in [0.717, 1.165) is 6.42 Å². The van der Waals surface area contributed by atoms with Gasteiger partial charge in [0.05, 0.1) is 6.04 Å². The number of nitrogens with one attached hydrogen (secondary N) is 2. The van der Waals surface area contributed by atoms with Crippen LogP contribution in [0, 0.1) is 5.41 Å². The molecule has 0 unspecified atom stereocenters. The van der Waals surface area contributed by atoms with Gasteiger partial charge >= 0.3 is 6.18 Å². The highest BCUT2D eigenvalue weighted by molar-refractivity contribution is 5.84. The van der Waals surface area contributed by atoms with E-state index in [1.165, 1.54) is 6.20 Å². The summed E-state index contributed by atoms with van der Waals surface area (Å²) < 4.78 is 40.1. The number of halogens is 3. The average Bonchev–Trinajstić information content (AvgIpc) is 2.92. The standard InChI is InChI=1S/C13H18F3N3O/c1-9(10-17-7-8-18-10)19-11(20)12(13(14,15)16)5-3-2-4-6-12/h7-9H,2-6H2,1H3,(H,17,18)(H,19,20)/t9-/m1/s1. The molecule has 2 N–H and O–H groups in total. The van der Waals surface area contributed by atoms with Crippen LogP contribution in [0.5, 0.6) is 0 Å². The van der Waals surface area contributed by atoms with Crippen LogP contribution in [0.15, 0.2) is 12.4 Å². The van der Waals surface area contributed by atoms with Crippen LogP contribution in [0.3, 0.4) is 0 Å². The maximum Gasteiger partial charge on any atom is 0.403 e. The molecule has 1 fully saturated rings. The van der Waals surface area contributed by atoms with Crippen LogP contribution >= 0.6 is 0 Å². The van der Waals surface area contributed by atoms with E-state index in [1.54, 1.807) is 13.1 Å². The molecule has 20 heavy (non-hydrogen) atoms. The first-order valence-corrected chi connectivity index (χ1v) is 6.74. The highest BCUT2D eigenvalue weighted by Crippen LogP contribution is 2.49.